The van der Waals surface area contributed by atoms with Gasteiger partial charge in [0.1, 0.15) is 73.2 Å². The number of aliphatic hydroxyl groups excluding tert-OH is 11. The molecule has 0 radical (unpaired) electrons. The maximum atomic E-state index is 13.2. The number of hydrogen-bond acceptors (Lipinski definition) is 18. The molecule has 0 aromatic rings. The van der Waals surface area contributed by atoms with Crippen LogP contribution >= 0.6 is 0 Å². The molecular weight excluding hydrogens is 915 g/mol. The second-order valence-electron chi connectivity index (χ2n) is 19.3. The van der Waals surface area contributed by atoms with E-state index >= 15 is 0 Å². The van der Waals surface area contributed by atoms with Crippen LogP contribution in [0.15, 0.2) is 24.3 Å². The van der Waals surface area contributed by atoms with Gasteiger partial charge in [0, 0.05) is 6.42 Å². The number of unbranched alkanes of at least 4 members (excludes halogenated alkanes) is 19. The van der Waals surface area contributed by atoms with E-state index in [4.69, 9.17) is 28.4 Å². The minimum Gasteiger partial charge on any atom is -0.394 e. The third kappa shape index (κ3) is 21.6. The number of rotatable bonds is 37. The van der Waals surface area contributed by atoms with Gasteiger partial charge in [0.2, 0.25) is 5.91 Å². The summed E-state index contributed by atoms with van der Waals surface area (Å²) in [6.45, 7) is 1.65. The number of carbonyl (C=O) groups is 1. The van der Waals surface area contributed by atoms with Crippen LogP contribution in [0.4, 0.5) is 0 Å². The van der Waals surface area contributed by atoms with Gasteiger partial charge in [-0.25, -0.2) is 0 Å². The normalized spacial score (nSPS) is 32.7. The molecule has 0 spiro atoms. The van der Waals surface area contributed by atoms with Crippen LogP contribution in [-0.4, -0.2) is 193 Å². The number of hydrogen-bond donors (Lipinski definition) is 12. The predicted octanol–water partition coefficient (Wildman–Crippen LogP) is 2.42. The SMILES string of the molecule is CCCCCCCC/C=C\CCCCCCCC(=O)NC(COC1OC(CO)C(OC2OC(CO)C(OC3OC(CO)C(O)C(O)C3O)C(O)C2O)C(O)C1O)C(O)/C=C/CCCCCCCCCC. The lowest BCUT2D eigenvalue weighted by atomic mass is 9.96. The van der Waals surface area contributed by atoms with E-state index in [2.05, 4.69) is 31.3 Å². The predicted molar refractivity (Wildman–Crippen MR) is 259 cm³/mol. The zero-order valence-corrected chi connectivity index (χ0v) is 42.0. The Bertz CT molecular complexity index is 1390. The topological polar surface area (TPSA) is 307 Å². The summed E-state index contributed by atoms with van der Waals surface area (Å²) < 4.78 is 34.1. The van der Waals surface area contributed by atoms with Gasteiger partial charge in [-0.15, -0.1) is 0 Å². The molecule has 1 amide bonds. The van der Waals surface area contributed by atoms with Crippen molar-refractivity contribution in [3.63, 3.8) is 0 Å². The number of allylic oxidation sites excluding steroid dienone is 3. The lowest BCUT2D eigenvalue weighted by molar-refractivity contribution is -0.379. The number of aliphatic hydroxyl groups is 11. The molecule has 3 heterocycles. The minimum absolute atomic E-state index is 0.234. The summed E-state index contributed by atoms with van der Waals surface area (Å²) >= 11 is 0. The van der Waals surface area contributed by atoms with Gasteiger partial charge in [-0.1, -0.05) is 134 Å². The van der Waals surface area contributed by atoms with Gasteiger partial charge >= 0.3 is 0 Å². The highest BCUT2D eigenvalue weighted by Crippen LogP contribution is 2.33. The van der Waals surface area contributed by atoms with Crippen LogP contribution < -0.4 is 5.32 Å². The first kappa shape index (κ1) is 62.6. The lowest BCUT2D eigenvalue weighted by Crippen LogP contribution is -2.66. The molecule has 0 bridgehead atoms. The van der Waals surface area contributed by atoms with Crippen LogP contribution in [0.25, 0.3) is 0 Å². The van der Waals surface area contributed by atoms with Gasteiger partial charge in [-0.3, -0.25) is 4.79 Å². The van der Waals surface area contributed by atoms with Crippen molar-refractivity contribution in [3.8, 4) is 0 Å². The largest absolute Gasteiger partial charge is 0.394 e. The molecule has 17 unspecified atom stereocenters. The summed E-state index contributed by atoms with van der Waals surface area (Å²) in [7, 11) is 0. The van der Waals surface area contributed by atoms with Crippen molar-refractivity contribution in [2.24, 2.45) is 0 Å². The summed E-state index contributed by atoms with van der Waals surface area (Å²) in [6, 6.07) is -0.972. The summed E-state index contributed by atoms with van der Waals surface area (Å²) in [5.74, 6) is -0.288. The van der Waals surface area contributed by atoms with E-state index in [0.29, 0.717) is 6.42 Å². The molecule has 3 fully saturated rings. The van der Waals surface area contributed by atoms with Crippen molar-refractivity contribution >= 4 is 5.91 Å². The molecule has 19 heteroatoms. The third-order valence-electron chi connectivity index (χ3n) is 13.5. The molecule has 12 N–H and O–H groups in total. The molecule has 70 heavy (non-hydrogen) atoms. The van der Waals surface area contributed by atoms with Gasteiger partial charge in [0.25, 0.3) is 0 Å². The second-order valence-corrected chi connectivity index (χ2v) is 19.3. The maximum absolute atomic E-state index is 13.2. The molecule has 3 aliphatic heterocycles. The first-order valence-electron chi connectivity index (χ1n) is 26.6. The van der Waals surface area contributed by atoms with Crippen LogP contribution in [0.2, 0.25) is 0 Å². The Morgan fingerprint density at radius 1 is 0.500 bits per heavy atom. The van der Waals surface area contributed by atoms with Gasteiger partial charge < -0.3 is 89.9 Å². The van der Waals surface area contributed by atoms with Gasteiger partial charge in [-0.2, -0.15) is 0 Å². The smallest absolute Gasteiger partial charge is 0.220 e. The van der Waals surface area contributed by atoms with Crippen molar-refractivity contribution in [1.82, 2.24) is 5.32 Å². The molecule has 3 rings (SSSR count). The van der Waals surface area contributed by atoms with Crippen molar-refractivity contribution in [2.45, 2.75) is 266 Å². The van der Waals surface area contributed by atoms with E-state index in [1.165, 1.54) is 70.6 Å². The fraction of sp³-hybridized carbons (Fsp3) is 0.902. The van der Waals surface area contributed by atoms with Crippen molar-refractivity contribution < 1.29 is 89.4 Å². The molecule has 410 valence electrons. The highest BCUT2D eigenvalue weighted by atomic mass is 16.8. The minimum atomic E-state index is -1.98. The molecule has 17 atom stereocenters. The Morgan fingerprint density at radius 3 is 1.39 bits per heavy atom. The number of amides is 1. The fourth-order valence-electron chi connectivity index (χ4n) is 9.01. The summed E-state index contributed by atoms with van der Waals surface area (Å²) in [5.41, 5.74) is 0. The molecular formula is C51H93NO18. The van der Waals surface area contributed by atoms with Crippen molar-refractivity contribution in [1.29, 1.82) is 0 Å². The second kappa shape index (κ2) is 36.3. The van der Waals surface area contributed by atoms with Crippen molar-refractivity contribution in [2.75, 3.05) is 26.4 Å². The molecule has 19 nitrogen and oxygen atoms in total. The fourth-order valence-corrected chi connectivity index (χ4v) is 9.01. The van der Waals surface area contributed by atoms with E-state index in [1.807, 2.05) is 6.08 Å². The van der Waals surface area contributed by atoms with E-state index in [9.17, 15) is 61.0 Å². The van der Waals surface area contributed by atoms with Crippen molar-refractivity contribution in [3.05, 3.63) is 24.3 Å². The van der Waals surface area contributed by atoms with Crippen LogP contribution in [0.3, 0.4) is 0 Å². The van der Waals surface area contributed by atoms with Crippen LogP contribution in [0.1, 0.15) is 162 Å². The number of ether oxygens (including phenoxy) is 6. The third-order valence-corrected chi connectivity index (χ3v) is 13.5. The molecule has 0 aromatic carbocycles. The highest BCUT2D eigenvalue weighted by Gasteiger charge is 2.53. The Kier molecular flexibility index (Phi) is 32.4. The Morgan fingerprint density at radius 2 is 0.900 bits per heavy atom. The van der Waals surface area contributed by atoms with Crippen LogP contribution in [0.5, 0.6) is 0 Å². The average molecular weight is 1010 g/mol. The lowest BCUT2D eigenvalue weighted by Gasteiger charge is -2.48. The first-order valence-corrected chi connectivity index (χ1v) is 26.6. The Labute approximate surface area is 416 Å². The van der Waals surface area contributed by atoms with E-state index in [1.54, 1.807) is 6.08 Å². The quantitative estimate of drug-likeness (QED) is 0.0314. The Balaban J connectivity index is 1.55. The summed E-state index contributed by atoms with van der Waals surface area (Å²) in [6.07, 6.45) is 6.13. The molecule has 0 aliphatic carbocycles. The maximum Gasteiger partial charge on any atom is 0.220 e. The van der Waals surface area contributed by atoms with Gasteiger partial charge in [0.15, 0.2) is 18.9 Å². The van der Waals surface area contributed by atoms with Gasteiger partial charge in [-0.05, 0) is 44.9 Å². The first-order chi connectivity index (χ1) is 33.8. The van der Waals surface area contributed by atoms with E-state index in [-0.39, 0.29) is 18.9 Å². The monoisotopic (exact) mass is 1010 g/mol. The van der Waals surface area contributed by atoms with Crippen LogP contribution in [0, 0.1) is 0 Å². The van der Waals surface area contributed by atoms with Crippen LogP contribution in [-0.2, 0) is 33.2 Å². The number of carbonyl (C=O) groups excluding carboxylic acids is 1. The molecule has 3 saturated heterocycles. The standard InChI is InChI=1S/C51H93NO18/c1-3-5-7-9-11-13-15-16-17-18-19-21-23-25-27-29-39(57)52-34(35(56)28-26-24-22-20-14-12-10-8-6-4-2)33-65-49-45(63)42(60)47(37(31-54)67-49)70-51-46(64)43(61)48(38(32-55)68-51)69-50-44(62)41(59)40(58)36(30-53)66-50/h16-17,26,28,34-38,40-51,53-56,58-64H,3-15,18-25,27,29-33H2,1-2H3,(H,52,57)/b17-16-,28-26+. The van der Waals surface area contributed by atoms with Gasteiger partial charge in [0.05, 0.1) is 38.6 Å². The summed E-state index contributed by atoms with van der Waals surface area (Å²) in [4.78, 5) is 13.2. The summed E-state index contributed by atoms with van der Waals surface area (Å²) in [5, 5.41) is 120. The Hall–Kier alpha value is -1.73. The molecule has 3 aliphatic rings. The van der Waals surface area contributed by atoms with E-state index < -0.39 is 124 Å². The van der Waals surface area contributed by atoms with E-state index in [0.717, 1.165) is 64.2 Å². The zero-order chi connectivity index (χ0) is 51.3. The highest BCUT2D eigenvalue weighted by molar-refractivity contribution is 5.76. The number of nitrogens with one attached hydrogen (secondary N) is 1. The average Bonchev–Trinajstić information content (AvgIpc) is 3.35. The molecule has 0 aromatic heterocycles. The zero-order valence-electron chi connectivity index (χ0n) is 42.0. The molecule has 0 saturated carbocycles.